The van der Waals surface area contributed by atoms with Crippen LogP contribution < -0.4 is 5.46 Å². The summed E-state index contributed by atoms with van der Waals surface area (Å²) in [6.07, 6.45) is 2.86. The summed E-state index contributed by atoms with van der Waals surface area (Å²) in [5.41, 5.74) is 1.48. The van der Waals surface area contributed by atoms with Gasteiger partial charge in [0.25, 0.3) is 0 Å². The molecule has 2 fully saturated rings. The second-order valence-corrected chi connectivity index (χ2v) is 6.78. The van der Waals surface area contributed by atoms with Crippen molar-refractivity contribution >= 4 is 12.6 Å². The normalized spacial score (nSPS) is 24.7. The quantitative estimate of drug-likeness (QED) is 0.785. The summed E-state index contributed by atoms with van der Waals surface area (Å²) in [5, 5.41) is 0. The van der Waals surface area contributed by atoms with Gasteiger partial charge in [0.1, 0.15) is 0 Å². The Kier molecular flexibility index (Phi) is 3.39. The van der Waals surface area contributed by atoms with Crippen molar-refractivity contribution in [2.24, 2.45) is 5.92 Å². The van der Waals surface area contributed by atoms with Crippen molar-refractivity contribution in [1.82, 2.24) is 4.98 Å². The highest BCUT2D eigenvalue weighted by Crippen LogP contribution is 2.36. The van der Waals surface area contributed by atoms with Crippen molar-refractivity contribution in [2.75, 3.05) is 13.2 Å². The Hall–Kier alpha value is -0.905. The van der Waals surface area contributed by atoms with Gasteiger partial charge in [0.05, 0.1) is 24.4 Å². The first-order chi connectivity index (χ1) is 9.37. The standard InChI is InChI=1S/C15H22BNO3/c1-14(2)15(3,4)20-16(19-14)12-5-6-13(17-8-12)7-11-9-18-10-11/h5-6,8,11H,7,9-10H2,1-4H3. The van der Waals surface area contributed by atoms with Crippen LogP contribution in [0.25, 0.3) is 0 Å². The van der Waals surface area contributed by atoms with Crippen LogP contribution in [0.4, 0.5) is 0 Å². The van der Waals surface area contributed by atoms with E-state index in [9.17, 15) is 0 Å². The summed E-state index contributed by atoms with van der Waals surface area (Å²) < 4.78 is 17.2. The van der Waals surface area contributed by atoms with Gasteiger partial charge >= 0.3 is 7.12 Å². The molecule has 20 heavy (non-hydrogen) atoms. The van der Waals surface area contributed by atoms with Gasteiger partial charge < -0.3 is 14.0 Å². The van der Waals surface area contributed by atoms with E-state index in [-0.39, 0.29) is 18.3 Å². The van der Waals surface area contributed by atoms with Crippen molar-refractivity contribution in [3.63, 3.8) is 0 Å². The lowest BCUT2D eigenvalue weighted by molar-refractivity contribution is -0.0316. The molecular formula is C15H22BNO3. The van der Waals surface area contributed by atoms with E-state index in [2.05, 4.69) is 44.8 Å². The Bertz CT molecular complexity index is 466. The maximum atomic E-state index is 6.02. The molecule has 1 aromatic rings. The van der Waals surface area contributed by atoms with Gasteiger partial charge in [-0.25, -0.2) is 0 Å². The fraction of sp³-hybridized carbons (Fsp3) is 0.667. The van der Waals surface area contributed by atoms with Crippen LogP contribution in [0.15, 0.2) is 18.3 Å². The number of nitrogens with zero attached hydrogens (tertiary/aromatic N) is 1. The fourth-order valence-corrected chi connectivity index (χ4v) is 2.37. The largest absolute Gasteiger partial charge is 0.496 e. The minimum absolute atomic E-state index is 0.306. The third-order valence-electron chi connectivity index (χ3n) is 4.58. The molecule has 5 heteroatoms. The molecule has 3 rings (SSSR count). The lowest BCUT2D eigenvalue weighted by atomic mass is 9.80. The number of pyridine rings is 1. The Morgan fingerprint density at radius 2 is 1.80 bits per heavy atom. The van der Waals surface area contributed by atoms with Crippen LogP contribution in [-0.4, -0.2) is 36.5 Å². The van der Waals surface area contributed by atoms with Gasteiger partial charge in [-0.1, -0.05) is 6.07 Å². The topological polar surface area (TPSA) is 40.6 Å². The first-order valence-electron chi connectivity index (χ1n) is 7.26. The van der Waals surface area contributed by atoms with Gasteiger partial charge in [0.2, 0.25) is 0 Å². The third kappa shape index (κ3) is 2.50. The Morgan fingerprint density at radius 1 is 1.15 bits per heavy atom. The molecular weight excluding hydrogens is 253 g/mol. The molecule has 2 aliphatic rings. The Labute approximate surface area is 121 Å². The summed E-state index contributed by atoms with van der Waals surface area (Å²) in [4.78, 5) is 4.53. The molecule has 3 heterocycles. The average molecular weight is 275 g/mol. The van der Waals surface area contributed by atoms with Gasteiger partial charge in [-0.3, -0.25) is 4.98 Å². The van der Waals surface area contributed by atoms with Crippen LogP contribution in [-0.2, 0) is 20.5 Å². The number of hydrogen-bond donors (Lipinski definition) is 0. The molecule has 0 atom stereocenters. The highest BCUT2D eigenvalue weighted by molar-refractivity contribution is 6.62. The predicted octanol–water partition coefficient (Wildman–Crippen LogP) is 1.57. The van der Waals surface area contributed by atoms with Crippen molar-refractivity contribution in [2.45, 2.75) is 45.3 Å². The molecule has 2 aliphatic heterocycles. The maximum Gasteiger partial charge on any atom is 0.496 e. The highest BCUT2D eigenvalue weighted by atomic mass is 16.7. The minimum Gasteiger partial charge on any atom is -0.399 e. The van der Waals surface area contributed by atoms with E-state index in [4.69, 9.17) is 14.0 Å². The fourth-order valence-electron chi connectivity index (χ4n) is 2.37. The smallest absolute Gasteiger partial charge is 0.399 e. The molecule has 2 saturated heterocycles. The lowest BCUT2D eigenvalue weighted by Crippen LogP contribution is -2.41. The molecule has 0 N–H and O–H groups in total. The van der Waals surface area contributed by atoms with Crippen molar-refractivity contribution < 1.29 is 14.0 Å². The van der Waals surface area contributed by atoms with E-state index < -0.39 is 0 Å². The molecule has 108 valence electrons. The summed E-state index contributed by atoms with van der Waals surface area (Å²) in [6.45, 7) is 9.97. The van der Waals surface area contributed by atoms with Crippen LogP contribution in [0.1, 0.15) is 33.4 Å². The first kappa shape index (κ1) is 14.0. The summed E-state index contributed by atoms with van der Waals surface area (Å²) >= 11 is 0. The average Bonchev–Trinajstić information content (AvgIpc) is 2.54. The predicted molar refractivity (Wildman–Crippen MR) is 78.0 cm³/mol. The highest BCUT2D eigenvalue weighted by Gasteiger charge is 2.51. The minimum atomic E-state index is -0.325. The monoisotopic (exact) mass is 275 g/mol. The molecule has 0 saturated carbocycles. The molecule has 0 amide bonds. The van der Waals surface area contributed by atoms with Gasteiger partial charge in [-0.05, 0) is 40.2 Å². The zero-order valence-corrected chi connectivity index (χ0v) is 12.7. The van der Waals surface area contributed by atoms with Crippen LogP contribution in [0.5, 0.6) is 0 Å². The molecule has 0 bridgehead atoms. The van der Waals surface area contributed by atoms with Gasteiger partial charge in [0, 0.05) is 23.3 Å². The summed E-state index contributed by atoms with van der Waals surface area (Å²) in [6, 6.07) is 4.13. The second kappa shape index (κ2) is 4.83. The van der Waals surface area contributed by atoms with Crippen LogP contribution in [0.2, 0.25) is 0 Å². The van der Waals surface area contributed by atoms with E-state index in [1.807, 2.05) is 6.20 Å². The molecule has 4 nitrogen and oxygen atoms in total. The molecule has 0 aromatic carbocycles. The zero-order valence-electron chi connectivity index (χ0n) is 12.7. The van der Waals surface area contributed by atoms with E-state index >= 15 is 0 Å². The van der Waals surface area contributed by atoms with E-state index in [0.717, 1.165) is 30.8 Å². The van der Waals surface area contributed by atoms with Crippen LogP contribution in [0, 0.1) is 5.92 Å². The number of aromatic nitrogens is 1. The summed E-state index contributed by atoms with van der Waals surface area (Å²) in [7, 11) is -0.325. The summed E-state index contributed by atoms with van der Waals surface area (Å²) in [5.74, 6) is 0.630. The lowest BCUT2D eigenvalue weighted by Gasteiger charge is -2.32. The van der Waals surface area contributed by atoms with Gasteiger partial charge in [0.15, 0.2) is 0 Å². The van der Waals surface area contributed by atoms with E-state index in [1.54, 1.807) is 0 Å². The molecule has 0 radical (unpaired) electrons. The van der Waals surface area contributed by atoms with Gasteiger partial charge in [-0.15, -0.1) is 0 Å². The van der Waals surface area contributed by atoms with Gasteiger partial charge in [-0.2, -0.15) is 0 Å². The Morgan fingerprint density at radius 3 is 2.25 bits per heavy atom. The zero-order chi connectivity index (χ0) is 14.4. The second-order valence-electron chi connectivity index (χ2n) is 6.78. The van der Waals surface area contributed by atoms with E-state index in [1.165, 1.54) is 0 Å². The van der Waals surface area contributed by atoms with Crippen LogP contribution >= 0.6 is 0 Å². The van der Waals surface area contributed by atoms with Crippen LogP contribution in [0.3, 0.4) is 0 Å². The molecule has 0 unspecified atom stereocenters. The number of ether oxygens (including phenoxy) is 1. The maximum absolute atomic E-state index is 6.02. The molecule has 1 aromatic heterocycles. The van der Waals surface area contributed by atoms with Crippen molar-refractivity contribution in [3.8, 4) is 0 Å². The van der Waals surface area contributed by atoms with E-state index in [0.29, 0.717) is 5.92 Å². The number of hydrogen-bond acceptors (Lipinski definition) is 4. The molecule has 0 spiro atoms. The van der Waals surface area contributed by atoms with Crippen molar-refractivity contribution in [1.29, 1.82) is 0 Å². The first-order valence-corrected chi connectivity index (χ1v) is 7.26. The Balaban J connectivity index is 1.69. The van der Waals surface area contributed by atoms with Crippen molar-refractivity contribution in [3.05, 3.63) is 24.0 Å². The SMILES string of the molecule is CC1(C)OB(c2ccc(CC3COC3)nc2)OC1(C)C. The molecule has 0 aliphatic carbocycles. The number of rotatable bonds is 3. The third-order valence-corrected chi connectivity index (χ3v) is 4.58.